The van der Waals surface area contributed by atoms with Gasteiger partial charge >= 0.3 is 0 Å². The second-order valence-corrected chi connectivity index (χ2v) is 5.58. The van der Waals surface area contributed by atoms with Crippen molar-refractivity contribution < 1.29 is 4.92 Å². The zero-order valence-electron chi connectivity index (χ0n) is 12.0. The molecule has 4 heteroatoms. The van der Waals surface area contributed by atoms with Crippen LogP contribution in [-0.2, 0) is 6.42 Å². The molecule has 3 rings (SSSR count). The lowest BCUT2D eigenvalue weighted by atomic mass is 9.77. The third-order valence-electron chi connectivity index (χ3n) is 4.24. The fourth-order valence-electron chi connectivity index (χ4n) is 2.87. The Hall–Kier alpha value is -2.20. The molecule has 0 radical (unpaired) electrons. The van der Waals surface area contributed by atoms with Crippen LogP contribution in [0.4, 0.5) is 5.69 Å². The number of rotatable bonds is 5. The van der Waals surface area contributed by atoms with Gasteiger partial charge in [0.25, 0.3) is 5.69 Å². The molecule has 0 saturated carbocycles. The third kappa shape index (κ3) is 2.81. The third-order valence-corrected chi connectivity index (χ3v) is 4.24. The van der Waals surface area contributed by atoms with E-state index in [1.165, 1.54) is 11.1 Å². The summed E-state index contributed by atoms with van der Waals surface area (Å²) >= 11 is 0. The Kier molecular flexibility index (Phi) is 3.71. The number of fused-ring (bicyclic) bond motifs is 1. The van der Waals surface area contributed by atoms with Crippen molar-refractivity contribution in [3.63, 3.8) is 0 Å². The van der Waals surface area contributed by atoms with Crippen molar-refractivity contribution in [2.45, 2.75) is 25.3 Å². The molecule has 0 bridgehead atoms. The van der Waals surface area contributed by atoms with Gasteiger partial charge in [0.1, 0.15) is 0 Å². The monoisotopic (exact) mass is 282 g/mol. The number of nitro groups is 1. The molecule has 0 saturated heterocycles. The van der Waals surface area contributed by atoms with Gasteiger partial charge in [0.2, 0.25) is 0 Å². The molecule has 2 unspecified atom stereocenters. The Morgan fingerprint density at radius 1 is 1.24 bits per heavy atom. The van der Waals surface area contributed by atoms with E-state index in [1.807, 2.05) is 12.1 Å². The number of hydrogen-bond acceptors (Lipinski definition) is 3. The van der Waals surface area contributed by atoms with Crippen LogP contribution < -0.4 is 5.32 Å². The molecule has 4 nitrogen and oxygen atoms in total. The number of benzene rings is 2. The van der Waals surface area contributed by atoms with Crippen LogP contribution in [0.5, 0.6) is 0 Å². The summed E-state index contributed by atoms with van der Waals surface area (Å²) in [5.74, 6) is 0.585. The topological polar surface area (TPSA) is 55.2 Å². The quantitative estimate of drug-likeness (QED) is 0.673. The van der Waals surface area contributed by atoms with E-state index in [1.54, 1.807) is 12.1 Å². The molecule has 108 valence electrons. The molecule has 1 N–H and O–H groups in total. The summed E-state index contributed by atoms with van der Waals surface area (Å²) in [5, 5.41) is 14.2. The van der Waals surface area contributed by atoms with Crippen molar-refractivity contribution >= 4 is 5.69 Å². The van der Waals surface area contributed by atoms with E-state index >= 15 is 0 Å². The smallest absolute Gasteiger partial charge is 0.269 e. The summed E-state index contributed by atoms with van der Waals surface area (Å²) in [7, 11) is 0. The van der Waals surface area contributed by atoms with Crippen molar-refractivity contribution in [2.24, 2.45) is 0 Å². The van der Waals surface area contributed by atoms with Crippen LogP contribution in [0.15, 0.2) is 48.5 Å². The van der Waals surface area contributed by atoms with E-state index in [0.29, 0.717) is 5.92 Å². The van der Waals surface area contributed by atoms with Crippen LogP contribution in [-0.4, -0.2) is 11.5 Å². The van der Waals surface area contributed by atoms with Crippen molar-refractivity contribution in [3.05, 3.63) is 75.3 Å². The maximum Gasteiger partial charge on any atom is 0.269 e. The standard InChI is InChI=1S/C17H18N2O2/c1-12(13-6-8-16(9-7-13)19(20)21)18-11-15-10-14-4-2-3-5-17(14)15/h2-9,12,15,18H,10-11H2,1H3. The first-order chi connectivity index (χ1) is 10.1. The maximum atomic E-state index is 10.7. The predicted molar refractivity (Wildman–Crippen MR) is 82.4 cm³/mol. The average Bonchev–Trinajstić information content (AvgIpc) is 2.48. The van der Waals surface area contributed by atoms with Crippen LogP contribution in [0.3, 0.4) is 0 Å². The fourth-order valence-corrected chi connectivity index (χ4v) is 2.87. The van der Waals surface area contributed by atoms with Gasteiger partial charge in [0, 0.05) is 30.6 Å². The van der Waals surface area contributed by atoms with Crippen LogP contribution in [0.2, 0.25) is 0 Å². The van der Waals surface area contributed by atoms with E-state index in [4.69, 9.17) is 0 Å². The summed E-state index contributed by atoms with van der Waals surface area (Å²) in [5.41, 5.74) is 4.11. The molecule has 2 aromatic carbocycles. The zero-order chi connectivity index (χ0) is 14.8. The van der Waals surface area contributed by atoms with E-state index < -0.39 is 0 Å². The van der Waals surface area contributed by atoms with Gasteiger partial charge in [0.15, 0.2) is 0 Å². The van der Waals surface area contributed by atoms with E-state index in [2.05, 4.69) is 36.5 Å². The molecule has 1 aliphatic carbocycles. The van der Waals surface area contributed by atoms with Crippen LogP contribution in [0.25, 0.3) is 0 Å². The van der Waals surface area contributed by atoms with E-state index in [-0.39, 0.29) is 16.7 Å². The Morgan fingerprint density at radius 2 is 1.95 bits per heavy atom. The molecule has 2 aromatic rings. The molecule has 0 heterocycles. The maximum absolute atomic E-state index is 10.7. The summed E-state index contributed by atoms with van der Waals surface area (Å²) in [4.78, 5) is 10.3. The summed E-state index contributed by atoms with van der Waals surface area (Å²) in [6, 6.07) is 15.5. The molecule has 0 aliphatic heterocycles. The minimum atomic E-state index is -0.368. The van der Waals surface area contributed by atoms with Gasteiger partial charge in [0.05, 0.1) is 4.92 Å². The fraction of sp³-hybridized carbons (Fsp3) is 0.294. The highest BCUT2D eigenvalue weighted by molar-refractivity contribution is 5.40. The molecular formula is C17H18N2O2. The first-order valence-electron chi connectivity index (χ1n) is 7.20. The van der Waals surface area contributed by atoms with Gasteiger partial charge < -0.3 is 5.32 Å². The lowest BCUT2D eigenvalue weighted by molar-refractivity contribution is -0.384. The highest BCUT2D eigenvalue weighted by Gasteiger charge is 2.25. The normalized spacial score (nSPS) is 17.7. The zero-order valence-corrected chi connectivity index (χ0v) is 12.0. The van der Waals surface area contributed by atoms with Gasteiger partial charge in [-0.15, -0.1) is 0 Å². The lowest BCUT2D eigenvalue weighted by Crippen LogP contribution is -2.30. The van der Waals surface area contributed by atoms with Gasteiger partial charge in [-0.1, -0.05) is 36.4 Å². The molecule has 1 aliphatic rings. The Labute approximate surface area is 124 Å². The molecule has 0 amide bonds. The van der Waals surface area contributed by atoms with Crippen LogP contribution in [0.1, 0.15) is 35.6 Å². The lowest BCUT2D eigenvalue weighted by Gasteiger charge is -2.31. The Bertz CT molecular complexity index is 652. The highest BCUT2D eigenvalue weighted by atomic mass is 16.6. The molecule has 0 fully saturated rings. The largest absolute Gasteiger partial charge is 0.310 e. The molecule has 2 atom stereocenters. The number of non-ortho nitro benzene ring substituents is 1. The van der Waals surface area contributed by atoms with Crippen molar-refractivity contribution in [1.82, 2.24) is 5.32 Å². The van der Waals surface area contributed by atoms with E-state index in [0.717, 1.165) is 18.5 Å². The minimum Gasteiger partial charge on any atom is -0.310 e. The minimum absolute atomic E-state index is 0.138. The van der Waals surface area contributed by atoms with Gasteiger partial charge in [-0.3, -0.25) is 10.1 Å². The molecule has 21 heavy (non-hydrogen) atoms. The molecule has 0 aromatic heterocycles. The summed E-state index contributed by atoms with van der Waals surface area (Å²) < 4.78 is 0. The SMILES string of the molecule is CC(NCC1Cc2ccccc21)c1ccc([N+](=O)[O-])cc1. The van der Waals surface area contributed by atoms with Crippen molar-refractivity contribution in [3.8, 4) is 0 Å². The first-order valence-corrected chi connectivity index (χ1v) is 7.20. The summed E-state index contributed by atoms with van der Waals surface area (Å²) in [6.07, 6.45) is 1.14. The van der Waals surface area contributed by atoms with Gasteiger partial charge in [-0.25, -0.2) is 0 Å². The van der Waals surface area contributed by atoms with Crippen LogP contribution >= 0.6 is 0 Å². The van der Waals surface area contributed by atoms with Gasteiger partial charge in [-0.2, -0.15) is 0 Å². The average molecular weight is 282 g/mol. The molecular weight excluding hydrogens is 264 g/mol. The van der Waals surface area contributed by atoms with E-state index in [9.17, 15) is 10.1 Å². The number of nitro benzene ring substituents is 1. The number of nitrogens with zero attached hydrogens (tertiary/aromatic N) is 1. The van der Waals surface area contributed by atoms with Crippen molar-refractivity contribution in [2.75, 3.05) is 6.54 Å². The first kappa shape index (κ1) is 13.8. The second kappa shape index (κ2) is 5.66. The number of nitrogens with one attached hydrogen (secondary N) is 1. The van der Waals surface area contributed by atoms with Crippen molar-refractivity contribution in [1.29, 1.82) is 0 Å². The summed E-state index contributed by atoms with van der Waals surface area (Å²) in [6.45, 7) is 3.03. The predicted octanol–water partition coefficient (Wildman–Crippen LogP) is 3.59. The Balaban J connectivity index is 1.58. The van der Waals surface area contributed by atoms with Crippen LogP contribution in [0, 0.1) is 10.1 Å². The number of hydrogen-bond donors (Lipinski definition) is 1. The second-order valence-electron chi connectivity index (χ2n) is 5.58. The Morgan fingerprint density at radius 3 is 2.62 bits per heavy atom. The highest BCUT2D eigenvalue weighted by Crippen LogP contribution is 2.34. The van der Waals surface area contributed by atoms with Gasteiger partial charge in [-0.05, 0) is 30.0 Å². The molecule has 0 spiro atoms.